The number of aryl methyl sites for hydroxylation is 1. The molecule has 0 unspecified atom stereocenters. The van der Waals surface area contributed by atoms with Crippen LogP contribution in [0.2, 0.25) is 0 Å². The van der Waals surface area contributed by atoms with E-state index >= 15 is 0 Å². The van der Waals surface area contributed by atoms with E-state index in [1.165, 1.54) is 5.56 Å². The lowest BCUT2D eigenvalue weighted by atomic mass is 10.1. The van der Waals surface area contributed by atoms with Crippen LogP contribution in [-0.2, 0) is 11.2 Å². The number of benzene rings is 1. The highest BCUT2D eigenvalue weighted by Gasteiger charge is 2.37. The molecule has 5 heteroatoms. The number of hydrogen-bond donors (Lipinski definition) is 0. The lowest BCUT2D eigenvalue weighted by Gasteiger charge is -2.10. The molecule has 0 N–H and O–H groups in total. The van der Waals surface area contributed by atoms with Crippen LogP contribution in [0.4, 0.5) is 13.2 Å². The number of alkyl halides is 3. The first-order chi connectivity index (χ1) is 11.5. The van der Waals surface area contributed by atoms with E-state index in [1.807, 2.05) is 36.4 Å². The van der Waals surface area contributed by atoms with Gasteiger partial charge in [0, 0.05) is 6.54 Å². The minimum Gasteiger partial charge on any atom is -0.470 e. The van der Waals surface area contributed by atoms with Gasteiger partial charge in [0.15, 0.2) is 0 Å². The predicted molar refractivity (Wildman–Crippen MR) is 92.4 cm³/mol. The average Bonchev–Trinajstić information content (AvgIpc) is 2.55. The van der Waals surface area contributed by atoms with Gasteiger partial charge in [0.05, 0.1) is 0 Å². The molecule has 1 aromatic rings. The molecule has 0 bridgehead atoms. The molecule has 0 atom stereocenters. The summed E-state index contributed by atoms with van der Waals surface area (Å²) in [6.07, 6.45) is 4.15. The summed E-state index contributed by atoms with van der Waals surface area (Å²) in [5.74, 6) is -1.12. The van der Waals surface area contributed by atoms with Gasteiger partial charge in [0.25, 0.3) is 5.90 Å². The van der Waals surface area contributed by atoms with Gasteiger partial charge >= 0.3 is 6.18 Å². The number of aliphatic imine (C=N–C) groups is 1. The fraction of sp³-hybridized carbons (Fsp3) is 0.526. The summed E-state index contributed by atoms with van der Waals surface area (Å²) < 4.78 is 43.2. The van der Waals surface area contributed by atoms with Crippen molar-refractivity contribution in [2.75, 3.05) is 13.2 Å². The van der Waals surface area contributed by atoms with E-state index in [0.29, 0.717) is 6.42 Å². The molecule has 2 nitrogen and oxygen atoms in total. The first-order valence-corrected chi connectivity index (χ1v) is 8.47. The Hall–Kier alpha value is -1.78. The van der Waals surface area contributed by atoms with Crippen molar-refractivity contribution in [2.24, 2.45) is 4.99 Å². The number of unbranched alkanes of at least 4 members (excludes halogenated alkanes) is 3. The van der Waals surface area contributed by atoms with Crippen molar-refractivity contribution in [3.63, 3.8) is 0 Å². The highest BCUT2D eigenvalue weighted by atomic mass is 19.4. The average molecular weight is 341 g/mol. The van der Waals surface area contributed by atoms with E-state index in [2.05, 4.69) is 11.9 Å². The Morgan fingerprint density at radius 3 is 2.50 bits per heavy atom. The Bertz CT molecular complexity index is 495. The second-order valence-electron chi connectivity index (χ2n) is 5.55. The minimum absolute atomic E-state index is 0.109. The van der Waals surface area contributed by atoms with E-state index in [9.17, 15) is 13.2 Å². The molecule has 0 radical (unpaired) electrons. The van der Waals surface area contributed by atoms with Crippen molar-refractivity contribution in [1.82, 2.24) is 0 Å². The number of hydrogen-bond acceptors (Lipinski definition) is 2. The lowest BCUT2D eigenvalue weighted by Crippen LogP contribution is -2.26. The fourth-order valence-corrected chi connectivity index (χ4v) is 2.14. The van der Waals surface area contributed by atoms with Crippen LogP contribution in [0.5, 0.6) is 0 Å². The maximum Gasteiger partial charge on any atom is 0.468 e. The summed E-state index contributed by atoms with van der Waals surface area (Å²) in [6, 6.07) is 9.94. The third-order valence-electron chi connectivity index (χ3n) is 3.44. The van der Waals surface area contributed by atoms with Gasteiger partial charge in [-0.15, -0.1) is 0 Å². The normalized spacial score (nSPS) is 12.8. The molecule has 1 rings (SSSR count). The minimum atomic E-state index is -4.53. The van der Waals surface area contributed by atoms with Gasteiger partial charge in [-0.2, -0.15) is 13.2 Å². The van der Waals surface area contributed by atoms with Crippen LogP contribution in [-0.4, -0.2) is 25.2 Å². The molecule has 0 spiro atoms. The molecule has 134 valence electrons. The molecule has 0 aliphatic heterocycles. The fourth-order valence-electron chi connectivity index (χ4n) is 2.14. The summed E-state index contributed by atoms with van der Waals surface area (Å²) in [6.45, 7) is 2.10. The molecule has 0 aromatic heterocycles. The van der Waals surface area contributed by atoms with Gasteiger partial charge in [-0.3, -0.25) is 0 Å². The van der Waals surface area contributed by atoms with Crippen LogP contribution >= 0.6 is 0 Å². The van der Waals surface area contributed by atoms with Crippen LogP contribution in [0, 0.1) is 0 Å². The Morgan fingerprint density at radius 2 is 1.83 bits per heavy atom. The molecule has 0 aliphatic rings. The zero-order chi connectivity index (χ0) is 17.7. The highest BCUT2D eigenvalue weighted by molar-refractivity contribution is 5.81. The Labute approximate surface area is 142 Å². The summed E-state index contributed by atoms with van der Waals surface area (Å²) in [5, 5.41) is 0. The van der Waals surface area contributed by atoms with Crippen molar-refractivity contribution in [3.05, 3.63) is 48.0 Å². The van der Waals surface area contributed by atoms with E-state index < -0.39 is 12.1 Å². The first kappa shape index (κ1) is 20.3. The molecule has 24 heavy (non-hydrogen) atoms. The quantitative estimate of drug-likeness (QED) is 0.230. The second kappa shape index (κ2) is 11.7. The first-order valence-electron chi connectivity index (χ1n) is 8.47. The maximum absolute atomic E-state index is 12.8. The van der Waals surface area contributed by atoms with Crippen molar-refractivity contribution < 1.29 is 17.9 Å². The Morgan fingerprint density at radius 1 is 1.08 bits per heavy atom. The molecular formula is C19H26F3NO. The zero-order valence-corrected chi connectivity index (χ0v) is 14.2. The van der Waals surface area contributed by atoms with Crippen molar-refractivity contribution >= 4 is 5.90 Å². The standard InChI is InChI=1S/C19H26F3NO/c1-2-3-4-10-15-23-18(19(20,21)22)24-16-11-6-9-14-17-12-7-5-8-13-17/h5-8,11-13H,2-4,9-10,14-16H2,1H3/b11-6+,23-18?. The smallest absolute Gasteiger partial charge is 0.468 e. The molecule has 0 saturated heterocycles. The largest absolute Gasteiger partial charge is 0.470 e. The van der Waals surface area contributed by atoms with Crippen molar-refractivity contribution in [2.45, 2.75) is 51.6 Å². The van der Waals surface area contributed by atoms with E-state index in [4.69, 9.17) is 4.74 Å². The summed E-state index contributed by atoms with van der Waals surface area (Å²) in [5.41, 5.74) is 1.20. The molecule has 0 amide bonds. The zero-order valence-electron chi connectivity index (χ0n) is 14.2. The Kier molecular flexibility index (Phi) is 9.89. The number of allylic oxidation sites excluding steroid dienone is 1. The molecule has 1 aromatic carbocycles. The third kappa shape index (κ3) is 9.38. The highest BCUT2D eigenvalue weighted by Crippen LogP contribution is 2.18. The maximum atomic E-state index is 12.8. The van der Waals surface area contributed by atoms with Gasteiger partial charge < -0.3 is 4.74 Å². The van der Waals surface area contributed by atoms with E-state index in [1.54, 1.807) is 6.08 Å². The molecule has 0 heterocycles. The van der Waals surface area contributed by atoms with Crippen LogP contribution in [0.25, 0.3) is 0 Å². The number of nitrogens with zero attached hydrogens (tertiary/aromatic N) is 1. The summed E-state index contributed by atoms with van der Waals surface area (Å²) in [4.78, 5) is 3.57. The van der Waals surface area contributed by atoms with Gasteiger partial charge in [0.1, 0.15) is 6.61 Å². The predicted octanol–water partition coefficient (Wildman–Crippen LogP) is 5.73. The van der Waals surface area contributed by atoms with Crippen LogP contribution < -0.4 is 0 Å². The molecule has 0 aliphatic carbocycles. The number of rotatable bonds is 10. The second-order valence-corrected chi connectivity index (χ2v) is 5.55. The number of ether oxygens (including phenoxy) is 1. The van der Waals surface area contributed by atoms with Crippen molar-refractivity contribution in [1.29, 1.82) is 0 Å². The number of halogens is 3. The monoisotopic (exact) mass is 341 g/mol. The van der Waals surface area contributed by atoms with Crippen LogP contribution in [0.1, 0.15) is 44.6 Å². The van der Waals surface area contributed by atoms with Crippen molar-refractivity contribution in [3.8, 4) is 0 Å². The molecule has 0 saturated carbocycles. The van der Waals surface area contributed by atoms with Crippen LogP contribution in [0.15, 0.2) is 47.5 Å². The SMILES string of the molecule is CCCCCCN=C(OC/C=C/CCc1ccccc1)C(F)(F)F. The van der Waals surface area contributed by atoms with E-state index in [-0.39, 0.29) is 13.2 Å². The van der Waals surface area contributed by atoms with Crippen LogP contribution in [0.3, 0.4) is 0 Å². The van der Waals surface area contributed by atoms with Gasteiger partial charge in [-0.1, -0.05) is 68.7 Å². The molecule has 0 fully saturated rings. The summed E-state index contributed by atoms with van der Waals surface area (Å²) in [7, 11) is 0. The van der Waals surface area contributed by atoms with E-state index in [0.717, 1.165) is 32.1 Å². The van der Waals surface area contributed by atoms with Gasteiger partial charge in [0.2, 0.25) is 0 Å². The topological polar surface area (TPSA) is 21.6 Å². The molecular weight excluding hydrogens is 315 g/mol. The van der Waals surface area contributed by atoms with Gasteiger partial charge in [-0.05, 0) is 24.8 Å². The third-order valence-corrected chi connectivity index (χ3v) is 3.44. The van der Waals surface area contributed by atoms with Gasteiger partial charge in [-0.25, -0.2) is 4.99 Å². The summed E-state index contributed by atoms with van der Waals surface area (Å²) >= 11 is 0. The lowest BCUT2D eigenvalue weighted by molar-refractivity contribution is -0.0773. The Balaban J connectivity index is 2.31.